The van der Waals surface area contributed by atoms with Crippen LogP contribution in [0.1, 0.15) is 13.8 Å². The Morgan fingerprint density at radius 1 is 1.55 bits per heavy atom. The van der Waals surface area contributed by atoms with Crippen LogP contribution in [0.5, 0.6) is 0 Å². The highest BCUT2D eigenvalue weighted by Crippen LogP contribution is 2.38. The van der Waals surface area contributed by atoms with Crippen LogP contribution >= 0.6 is 11.8 Å². The van der Waals surface area contributed by atoms with Crippen LogP contribution < -0.4 is 0 Å². The minimum absolute atomic E-state index is 0.0239. The molecule has 2 atom stereocenters. The van der Waals surface area contributed by atoms with Crippen LogP contribution in [0.2, 0.25) is 0 Å². The molecule has 1 saturated heterocycles. The van der Waals surface area contributed by atoms with Gasteiger partial charge < -0.3 is 5.11 Å². The van der Waals surface area contributed by atoms with Crippen LogP contribution in [0.15, 0.2) is 29.4 Å². The van der Waals surface area contributed by atoms with E-state index in [0.29, 0.717) is 0 Å². The summed E-state index contributed by atoms with van der Waals surface area (Å²) in [7, 11) is -3.86. The van der Waals surface area contributed by atoms with Gasteiger partial charge in [-0.05, 0) is 18.1 Å². The number of rotatable bonds is 4. The smallest absolute Gasteiger partial charge is 0.322 e. The van der Waals surface area contributed by atoms with E-state index in [1.807, 2.05) is 13.8 Å². The van der Waals surface area contributed by atoms with E-state index in [9.17, 15) is 18.3 Å². The summed E-state index contributed by atoms with van der Waals surface area (Å²) in [5.74, 6) is -0.832. The third kappa shape index (κ3) is 2.68. The van der Waals surface area contributed by atoms with E-state index in [1.165, 1.54) is 36.3 Å². The van der Waals surface area contributed by atoms with Crippen LogP contribution in [0, 0.1) is 5.92 Å². The summed E-state index contributed by atoms with van der Waals surface area (Å²) in [6.45, 7) is 3.77. The zero-order valence-electron chi connectivity index (χ0n) is 11.1. The Labute approximate surface area is 122 Å². The van der Waals surface area contributed by atoms with Crippen LogP contribution in [-0.4, -0.2) is 46.0 Å². The second kappa shape index (κ2) is 5.71. The summed E-state index contributed by atoms with van der Waals surface area (Å²) in [5.41, 5.74) is 0. The lowest BCUT2D eigenvalue weighted by Gasteiger charge is -2.28. The Balaban J connectivity index is 2.47. The van der Waals surface area contributed by atoms with Gasteiger partial charge in [0.05, 0.1) is 5.37 Å². The molecule has 0 saturated carbocycles. The van der Waals surface area contributed by atoms with Gasteiger partial charge in [0.15, 0.2) is 0 Å². The van der Waals surface area contributed by atoms with Gasteiger partial charge in [0, 0.05) is 18.1 Å². The fraction of sp³-hybridized carbons (Fsp3) is 0.500. The summed E-state index contributed by atoms with van der Waals surface area (Å²) in [6.07, 6.45) is 2.72. The zero-order valence-corrected chi connectivity index (χ0v) is 12.8. The number of aliphatic carboxylic acids is 1. The van der Waals surface area contributed by atoms with Gasteiger partial charge in [-0.1, -0.05) is 13.8 Å². The highest BCUT2D eigenvalue weighted by molar-refractivity contribution is 8.01. The van der Waals surface area contributed by atoms with Gasteiger partial charge >= 0.3 is 5.97 Å². The lowest BCUT2D eigenvalue weighted by atomic mass is 10.2. The van der Waals surface area contributed by atoms with Gasteiger partial charge in [0.25, 0.3) is 0 Å². The number of carboxylic acid groups (broad SMARTS) is 1. The third-order valence-corrected chi connectivity index (χ3v) is 6.68. The molecule has 2 heterocycles. The lowest BCUT2D eigenvalue weighted by Crippen LogP contribution is -2.46. The first-order valence-corrected chi connectivity index (χ1v) is 8.62. The molecule has 1 aromatic heterocycles. The highest BCUT2D eigenvalue weighted by atomic mass is 32.2. The Morgan fingerprint density at radius 2 is 2.25 bits per heavy atom. The Kier molecular flexibility index (Phi) is 4.36. The van der Waals surface area contributed by atoms with Crippen molar-refractivity contribution >= 4 is 27.8 Å². The molecule has 2 unspecified atom stereocenters. The molecular formula is C12H16N2O4S2. The molecule has 6 nitrogen and oxygen atoms in total. The highest BCUT2D eigenvalue weighted by Gasteiger charge is 2.47. The molecule has 2 rings (SSSR count). The number of sulfonamides is 1. The maximum absolute atomic E-state index is 12.7. The number of thioether (sulfide) groups is 1. The SMILES string of the molecule is CC(C)C1SCC(C(=O)O)N1S(=O)(=O)c1cccnc1. The van der Waals surface area contributed by atoms with Gasteiger partial charge in [0.1, 0.15) is 10.9 Å². The third-order valence-electron chi connectivity index (χ3n) is 3.05. The molecular weight excluding hydrogens is 300 g/mol. The maximum Gasteiger partial charge on any atom is 0.322 e. The van der Waals surface area contributed by atoms with E-state index in [-0.39, 0.29) is 21.9 Å². The van der Waals surface area contributed by atoms with Crippen molar-refractivity contribution in [1.29, 1.82) is 0 Å². The number of nitrogens with zero attached hydrogens (tertiary/aromatic N) is 2. The molecule has 0 amide bonds. The van der Waals surface area contributed by atoms with Crippen molar-refractivity contribution in [3.8, 4) is 0 Å². The fourth-order valence-electron chi connectivity index (χ4n) is 2.11. The van der Waals surface area contributed by atoms with E-state index < -0.39 is 22.0 Å². The summed E-state index contributed by atoms with van der Waals surface area (Å²) in [5, 5.41) is 8.88. The lowest BCUT2D eigenvalue weighted by molar-refractivity contribution is -0.140. The van der Waals surface area contributed by atoms with Gasteiger partial charge in [-0.15, -0.1) is 11.8 Å². The standard InChI is InChI=1S/C12H16N2O4S2/c1-8(2)11-14(10(7-19-11)12(15)16)20(17,18)9-4-3-5-13-6-9/h3-6,8,10-11H,7H2,1-2H3,(H,15,16). The van der Waals surface area contributed by atoms with Crippen LogP contribution in [0.3, 0.4) is 0 Å². The summed E-state index contributed by atoms with van der Waals surface area (Å²) < 4.78 is 26.5. The number of aromatic nitrogens is 1. The molecule has 0 aliphatic carbocycles. The molecule has 8 heteroatoms. The van der Waals surface area contributed by atoms with Crippen molar-refractivity contribution in [1.82, 2.24) is 9.29 Å². The average Bonchev–Trinajstić information content (AvgIpc) is 2.85. The number of carboxylic acids is 1. The van der Waals surface area contributed by atoms with E-state index >= 15 is 0 Å². The van der Waals surface area contributed by atoms with Crippen molar-refractivity contribution < 1.29 is 18.3 Å². The van der Waals surface area contributed by atoms with E-state index in [4.69, 9.17) is 0 Å². The molecule has 0 spiro atoms. The summed E-state index contributed by atoms with van der Waals surface area (Å²) >= 11 is 1.36. The molecule has 1 aliphatic heterocycles. The Morgan fingerprint density at radius 3 is 2.75 bits per heavy atom. The second-order valence-electron chi connectivity index (χ2n) is 4.85. The minimum Gasteiger partial charge on any atom is -0.480 e. The fourth-order valence-corrected chi connectivity index (χ4v) is 5.79. The second-order valence-corrected chi connectivity index (χ2v) is 7.84. The van der Waals surface area contributed by atoms with Crippen molar-refractivity contribution in [2.24, 2.45) is 5.92 Å². The van der Waals surface area contributed by atoms with E-state index in [0.717, 1.165) is 4.31 Å². The molecule has 0 bridgehead atoms. The quantitative estimate of drug-likeness (QED) is 0.899. The van der Waals surface area contributed by atoms with E-state index in [1.54, 1.807) is 0 Å². The first-order valence-electron chi connectivity index (χ1n) is 6.13. The normalized spacial score (nSPS) is 24.1. The van der Waals surface area contributed by atoms with E-state index in [2.05, 4.69) is 4.98 Å². The van der Waals surface area contributed by atoms with Crippen molar-refractivity contribution in [2.45, 2.75) is 30.2 Å². The molecule has 110 valence electrons. The molecule has 20 heavy (non-hydrogen) atoms. The first kappa shape index (κ1) is 15.3. The predicted molar refractivity (Wildman–Crippen MR) is 75.8 cm³/mol. The largest absolute Gasteiger partial charge is 0.480 e. The zero-order chi connectivity index (χ0) is 14.9. The topological polar surface area (TPSA) is 87.6 Å². The first-order chi connectivity index (χ1) is 9.35. The van der Waals surface area contributed by atoms with Gasteiger partial charge in [0.2, 0.25) is 10.0 Å². The van der Waals surface area contributed by atoms with Crippen LogP contribution in [0.4, 0.5) is 0 Å². The molecule has 1 fully saturated rings. The van der Waals surface area contributed by atoms with Crippen molar-refractivity contribution in [2.75, 3.05) is 5.75 Å². The number of pyridine rings is 1. The average molecular weight is 316 g/mol. The molecule has 0 radical (unpaired) electrons. The van der Waals surface area contributed by atoms with Crippen LogP contribution in [0.25, 0.3) is 0 Å². The van der Waals surface area contributed by atoms with Gasteiger partial charge in [-0.3, -0.25) is 9.78 Å². The Hall–Kier alpha value is -1.12. The molecule has 1 aliphatic rings. The Bertz CT molecular complexity index is 589. The minimum atomic E-state index is -3.86. The van der Waals surface area contributed by atoms with Gasteiger partial charge in [-0.2, -0.15) is 4.31 Å². The van der Waals surface area contributed by atoms with Crippen molar-refractivity contribution in [3.63, 3.8) is 0 Å². The predicted octanol–water partition coefficient (Wildman–Crippen LogP) is 1.25. The molecule has 1 aromatic rings. The molecule has 1 N–H and O–H groups in total. The van der Waals surface area contributed by atoms with Crippen molar-refractivity contribution in [3.05, 3.63) is 24.5 Å². The number of hydrogen-bond donors (Lipinski definition) is 1. The summed E-state index contributed by atoms with van der Waals surface area (Å²) in [6, 6.07) is 1.93. The van der Waals surface area contributed by atoms with Crippen LogP contribution in [-0.2, 0) is 14.8 Å². The number of carbonyl (C=O) groups is 1. The summed E-state index contributed by atoms with van der Waals surface area (Å²) in [4.78, 5) is 15.2. The monoisotopic (exact) mass is 316 g/mol. The van der Waals surface area contributed by atoms with Gasteiger partial charge in [-0.25, -0.2) is 8.42 Å². The maximum atomic E-state index is 12.7. The molecule has 0 aromatic carbocycles. The number of hydrogen-bond acceptors (Lipinski definition) is 5.